The van der Waals surface area contributed by atoms with Crippen LogP contribution in [0.1, 0.15) is 19.4 Å². The number of hydrogen-bond acceptors (Lipinski definition) is 10. The molecular formula is C30H48N6O7. The van der Waals surface area contributed by atoms with E-state index in [1.165, 1.54) is 0 Å². The monoisotopic (exact) mass is 604 g/mol. The average molecular weight is 605 g/mol. The molecule has 240 valence electrons. The summed E-state index contributed by atoms with van der Waals surface area (Å²) in [5.74, 6) is -2.27. The van der Waals surface area contributed by atoms with Crippen molar-refractivity contribution in [1.82, 2.24) is 14.7 Å². The summed E-state index contributed by atoms with van der Waals surface area (Å²) < 4.78 is 0. The number of aliphatic carboxylic acids is 2. The van der Waals surface area contributed by atoms with Crippen molar-refractivity contribution in [2.24, 2.45) is 10.7 Å². The number of benzene rings is 1. The second kappa shape index (κ2) is 23.8. The van der Waals surface area contributed by atoms with Crippen LogP contribution in [-0.2, 0) is 25.6 Å². The summed E-state index contributed by atoms with van der Waals surface area (Å²) in [5, 5.41) is 28.6. The van der Waals surface area contributed by atoms with E-state index in [4.69, 9.17) is 10.8 Å². The smallest absolute Gasteiger partial charge is 0.317 e. The Morgan fingerprint density at radius 1 is 1.05 bits per heavy atom. The van der Waals surface area contributed by atoms with E-state index < -0.39 is 11.9 Å². The van der Waals surface area contributed by atoms with Gasteiger partial charge in [-0.15, -0.1) is 0 Å². The fraction of sp³-hybridized carbons (Fsp3) is 0.500. The van der Waals surface area contributed by atoms with Crippen molar-refractivity contribution in [2.45, 2.75) is 26.3 Å². The quantitative estimate of drug-likeness (QED) is 0.166. The molecule has 13 heteroatoms. The van der Waals surface area contributed by atoms with Gasteiger partial charge in [-0.05, 0) is 30.2 Å². The van der Waals surface area contributed by atoms with E-state index in [0.29, 0.717) is 57.1 Å². The number of anilines is 1. The van der Waals surface area contributed by atoms with Crippen LogP contribution in [0.3, 0.4) is 0 Å². The lowest BCUT2D eigenvalue weighted by atomic mass is 10.0. The number of aliphatic imine (C=N–C) groups is 1. The first-order valence-electron chi connectivity index (χ1n) is 14.2. The molecule has 0 aromatic heterocycles. The summed E-state index contributed by atoms with van der Waals surface area (Å²) >= 11 is 0. The molecule has 1 heterocycles. The Kier molecular flexibility index (Phi) is 21.7. The largest absolute Gasteiger partial charge is 0.480 e. The number of nitrogens with two attached hydrogens (primary N) is 1. The number of carboxylic acid groups (broad SMARTS) is 2. The highest BCUT2D eigenvalue weighted by atomic mass is 16.4. The first-order valence-corrected chi connectivity index (χ1v) is 14.2. The lowest BCUT2D eigenvalue weighted by molar-refractivity contribution is -0.140. The normalized spacial score (nSPS) is 17.0. The van der Waals surface area contributed by atoms with Crippen LogP contribution in [0.5, 0.6) is 0 Å². The number of carbonyl (C=O) groups is 4. The Morgan fingerprint density at radius 2 is 1.65 bits per heavy atom. The molecule has 0 fully saturated rings. The van der Waals surface area contributed by atoms with Gasteiger partial charge in [0.05, 0.1) is 32.7 Å². The molecule has 0 aliphatic carbocycles. The molecule has 2 rings (SSSR count). The second-order valence-electron chi connectivity index (χ2n) is 9.17. The first kappa shape index (κ1) is 39.2. The van der Waals surface area contributed by atoms with Crippen molar-refractivity contribution in [3.05, 3.63) is 54.6 Å². The third-order valence-corrected chi connectivity index (χ3v) is 6.16. The molecule has 1 aromatic carbocycles. The zero-order chi connectivity index (χ0) is 32.6. The van der Waals surface area contributed by atoms with Crippen LogP contribution in [0.25, 0.3) is 0 Å². The van der Waals surface area contributed by atoms with Gasteiger partial charge >= 0.3 is 11.9 Å². The van der Waals surface area contributed by atoms with Gasteiger partial charge in [-0.25, -0.2) is 0 Å². The van der Waals surface area contributed by atoms with E-state index in [1.807, 2.05) is 30.9 Å². The van der Waals surface area contributed by atoms with Crippen molar-refractivity contribution >= 4 is 35.5 Å². The number of carboxylic acids is 2. The topological polar surface area (TPSA) is 189 Å². The van der Waals surface area contributed by atoms with Crippen molar-refractivity contribution < 1.29 is 34.5 Å². The van der Waals surface area contributed by atoms with Crippen LogP contribution < -0.4 is 11.1 Å². The number of aliphatic hydroxyl groups excluding tert-OH is 1. The zero-order valence-electron chi connectivity index (χ0n) is 25.5. The molecule has 1 aliphatic rings. The van der Waals surface area contributed by atoms with Crippen LogP contribution in [0.2, 0.25) is 0 Å². The van der Waals surface area contributed by atoms with Gasteiger partial charge in [0.2, 0.25) is 5.91 Å². The van der Waals surface area contributed by atoms with Crippen LogP contribution >= 0.6 is 0 Å². The van der Waals surface area contributed by atoms with E-state index in [9.17, 15) is 29.4 Å². The van der Waals surface area contributed by atoms with Gasteiger partial charge in [0.15, 0.2) is 0 Å². The lowest BCUT2D eigenvalue weighted by Crippen LogP contribution is -2.51. The van der Waals surface area contributed by atoms with Gasteiger partial charge in [-0.3, -0.25) is 34.1 Å². The molecule has 0 radical (unpaired) electrons. The maximum absolute atomic E-state index is 11.7. The predicted molar refractivity (Wildman–Crippen MR) is 169 cm³/mol. The molecule has 1 atom stereocenters. The van der Waals surface area contributed by atoms with E-state index in [2.05, 4.69) is 16.9 Å². The van der Waals surface area contributed by atoms with Crippen molar-refractivity contribution in [3.8, 4) is 0 Å². The van der Waals surface area contributed by atoms with Gasteiger partial charge < -0.3 is 31.2 Å². The molecule has 0 saturated carbocycles. The number of rotatable bonds is 12. The van der Waals surface area contributed by atoms with Crippen LogP contribution in [-0.4, -0.2) is 138 Å². The SMILES string of the molecule is C=C/C=C\C1=NCCN(CC(=O)O)CCN(CC(=O)O)CC(Cc2ccc(NC(=O)CN)cc2)N(CC=O)C1.CC.CO. The maximum Gasteiger partial charge on any atom is 0.317 e. The van der Waals surface area contributed by atoms with E-state index in [0.717, 1.165) is 19.0 Å². The standard InChI is InChI=1S/C27H38N6O6.C2H6.CH4O/c1-2-3-4-23-17-33(13-14-34)24(15-21-5-7-22(8-6-21)30-25(35)16-28)18-32(20-27(38)39)12-11-31(10-9-29-23)19-26(36)37;2*1-2/h2-8,14,24H,1,9-13,15-20,28H2,(H,30,35)(H,36,37)(H,38,39);1-2H3;2H,1H3/b4-3-,29-23?;;. The van der Waals surface area contributed by atoms with Crippen LogP contribution in [0, 0.1) is 0 Å². The highest BCUT2D eigenvalue weighted by Gasteiger charge is 2.25. The molecule has 0 bridgehead atoms. The van der Waals surface area contributed by atoms with Crippen molar-refractivity contribution in [1.29, 1.82) is 0 Å². The third-order valence-electron chi connectivity index (χ3n) is 6.16. The molecule has 1 aromatic rings. The minimum absolute atomic E-state index is 0.113. The number of allylic oxidation sites excluding steroid dienone is 2. The summed E-state index contributed by atoms with van der Waals surface area (Å²) in [7, 11) is 1.00. The summed E-state index contributed by atoms with van der Waals surface area (Å²) in [6, 6.07) is 6.99. The number of hydrogen-bond donors (Lipinski definition) is 5. The number of nitrogens with zero attached hydrogens (tertiary/aromatic N) is 4. The molecule has 1 amide bonds. The number of amides is 1. The Bertz CT molecular complexity index is 1050. The van der Waals surface area contributed by atoms with Gasteiger partial charge in [0.1, 0.15) is 6.29 Å². The van der Waals surface area contributed by atoms with Gasteiger partial charge in [-0.2, -0.15) is 0 Å². The summed E-state index contributed by atoms with van der Waals surface area (Å²) in [4.78, 5) is 56.6. The molecular weight excluding hydrogens is 556 g/mol. The fourth-order valence-corrected chi connectivity index (χ4v) is 4.30. The Balaban J connectivity index is 0.00000422. The average Bonchev–Trinajstić information content (AvgIpc) is 2.99. The number of aliphatic hydroxyl groups is 1. The molecule has 43 heavy (non-hydrogen) atoms. The second-order valence-corrected chi connectivity index (χ2v) is 9.17. The molecule has 0 spiro atoms. The fourth-order valence-electron chi connectivity index (χ4n) is 4.30. The Morgan fingerprint density at radius 3 is 2.21 bits per heavy atom. The van der Waals surface area contributed by atoms with E-state index in [1.54, 1.807) is 40.2 Å². The van der Waals surface area contributed by atoms with E-state index in [-0.39, 0.29) is 38.1 Å². The Hall–Kier alpha value is -3.75. The van der Waals surface area contributed by atoms with Crippen molar-refractivity contribution in [3.63, 3.8) is 0 Å². The maximum atomic E-state index is 11.7. The third kappa shape index (κ3) is 17.1. The molecule has 13 nitrogen and oxygen atoms in total. The zero-order valence-corrected chi connectivity index (χ0v) is 25.5. The summed E-state index contributed by atoms with van der Waals surface area (Å²) in [5.41, 5.74) is 7.59. The number of nitrogens with one attached hydrogen (secondary N) is 1. The molecule has 0 saturated heterocycles. The Labute approximate surface area is 254 Å². The van der Waals surface area contributed by atoms with E-state index >= 15 is 0 Å². The minimum atomic E-state index is -0.997. The minimum Gasteiger partial charge on any atom is -0.480 e. The predicted octanol–water partition coefficient (Wildman–Crippen LogP) is 0.601. The highest BCUT2D eigenvalue weighted by Crippen LogP contribution is 2.16. The van der Waals surface area contributed by atoms with Gasteiger partial charge in [0, 0.05) is 57.3 Å². The summed E-state index contributed by atoms with van der Waals surface area (Å²) in [6.07, 6.45) is 6.48. The number of aldehydes is 1. The van der Waals surface area contributed by atoms with Crippen molar-refractivity contribution in [2.75, 3.05) is 77.9 Å². The van der Waals surface area contributed by atoms with Crippen LogP contribution in [0.15, 0.2) is 54.1 Å². The van der Waals surface area contributed by atoms with Gasteiger partial charge in [0.25, 0.3) is 0 Å². The highest BCUT2D eigenvalue weighted by molar-refractivity contribution is 5.97. The van der Waals surface area contributed by atoms with Crippen LogP contribution in [0.4, 0.5) is 5.69 Å². The first-order chi connectivity index (χ1) is 20.7. The lowest BCUT2D eigenvalue weighted by Gasteiger charge is -2.35. The molecule has 1 aliphatic heterocycles. The summed E-state index contributed by atoms with van der Waals surface area (Å²) in [6.45, 7) is 9.36. The van der Waals surface area contributed by atoms with Gasteiger partial charge in [-0.1, -0.05) is 44.7 Å². The number of carbonyl (C=O) groups excluding carboxylic acids is 2. The molecule has 1 unspecified atom stereocenters. The molecule has 6 N–H and O–H groups in total.